The summed E-state index contributed by atoms with van der Waals surface area (Å²) >= 11 is 5.64. The number of amides is 1. The summed E-state index contributed by atoms with van der Waals surface area (Å²) < 4.78 is 5.46. The number of Topliss-reactive ketones (excluding diaryl/α,β-unsaturated/α-hetero) is 1. The molecule has 0 spiro atoms. The van der Waals surface area contributed by atoms with E-state index in [0.717, 1.165) is 17.1 Å². The first-order valence-electron chi connectivity index (χ1n) is 8.57. The third-order valence-corrected chi connectivity index (χ3v) is 4.04. The number of ketones is 1. The lowest BCUT2D eigenvalue weighted by atomic mass is 9.97. The smallest absolute Gasteiger partial charge is 0.410 e. The van der Waals surface area contributed by atoms with Crippen molar-refractivity contribution in [2.75, 3.05) is 12.4 Å². The predicted octanol–water partition coefficient (Wildman–Crippen LogP) is 1.95. The minimum absolute atomic E-state index is 0.00100. The van der Waals surface area contributed by atoms with Crippen LogP contribution in [0, 0.1) is 5.92 Å². The van der Waals surface area contributed by atoms with E-state index in [1.165, 1.54) is 0 Å². The number of carbonyl (C=O) groups is 2. The third kappa shape index (κ3) is 5.33. The summed E-state index contributed by atoms with van der Waals surface area (Å²) in [6.45, 7) is 8.47. The predicted molar refractivity (Wildman–Crippen MR) is 97.5 cm³/mol. The van der Waals surface area contributed by atoms with Gasteiger partial charge < -0.3 is 14.6 Å². The number of hydrogen-bond acceptors (Lipinski definition) is 4. The number of halogens is 1. The molecule has 1 aromatic rings. The van der Waals surface area contributed by atoms with E-state index in [2.05, 4.69) is 9.97 Å². The van der Waals surface area contributed by atoms with Crippen molar-refractivity contribution < 1.29 is 14.3 Å². The highest BCUT2D eigenvalue weighted by Crippen LogP contribution is 2.13. The van der Waals surface area contributed by atoms with E-state index in [0.29, 0.717) is 25.3 Å². The number of hydrogen-bond donors (Lipinski definition) is 1. The van der Waals surface area contributed by atoms with E-state index in [1.807, 2.05) is 39.8 Å². The fourth-order valence-electron chi connectivity index (χ4n) is 2.65. The molecule has 1 atom stereocenters. The van der Waals surface area contributed by atoms with Crippen molar-refractivity contribution >= 4 is 35.6 Å². The maximum atomic E-state index is 12.4. The summed E-state index contributed by atoms with van der Waals surface area (Å²) in [6.07, 6.45) is 4.88. The first-order valence-corrected chi connectivity index (χ1v) is 9.10. The lowest BCUT2D eigenvalue weighted by molar-refractivity contribution is -0.118. The summed E-state index contributed by atoms with van der Waals surface area (Å²) in [5.74, 6) is 0.474. The normalized spacial score (nSPS) is 16.4. The molecule has 2 rings (SSSR count). The summed E-state index contributed by atoms with van der Waals surface area (Å²) in [6, 6.07) is 0. The summed E-state index contributed by atoms with van der Waals surface area (Å²) in [7, 11) is 0. The first kappa shape index (κ1) is 19.5. The second-order valence-corrected chi connectivity index (χ2v) is 7.46. The fourth-order valence-corrected chi connectivity index (χ4v) is 2.85. The molecule has 0 fully saturated rings. The number of ether oxygens (including phenoxy) is 1. The van der Waals surface area contributed by atoms with Gasteiger partial charge in [-0.05, 0) is 39.7 Å². The van der Waals surface area contributed by atoms with E-state index < -0.39 is 5.60 Å². The zero-order valence-electron chi connectivity index (χ0n) is 15.3. The van der Waals surface area contributed by atoms with Crippen LogP contribution in [-0.2, 0) is 16.1 Å². The van der Waals surface area contributed by atoms with Gasteiger partial charge in [-0.3, -0.25) is 4.79 Å². The van der Waals surface area contributed by atoms with Crippen LogP contribution in [0.5, 0.6) is 0 Å². The Kier molecular flexibility index (Phi) is 6.27. The van der Waals surface area contributed by atoms with Gasteiger partial charge in [0.25, 0.3) is 0 Å². The van der Waals surface area contributed by atoms with Crippen LogP contribution < -0.4 is 10.7 Å². The lowest BCUT2D eigenvalue weighted by Crippen LogP contribution is -2.37. The van der Waals surface area contributed by atoms with Crippen LogP contribution in [0.25, 0.3) is 12.2 Å². The third-order valence-electron chi connectivity index (χ3n) is 3.77. The molecule has 1 aliphatic carbocycles. The van der Waals surface area contributed by atoms with E-state index in [-0.39, 0.29) is 23.7 Å². The lowest BCUT2D eigenvalue weighted by Gasteiger charge is -2.26. The van der Waals surface area contributed by atoms with Crippen molar-refractivity contribution in [2.45, 2.75) is 52.7 Å². The Bertz CT molecular complexity index is 749. The van der Waals surface area contributed by atoms with Gasteiger partial charge in [0.15, 0.2) is 5.78 Å². The number of H-pyrrole nitrogens is 1. The molecule has 138 valence electrons. The second kappa shape index (κ2) is 8.04. The van der Waals surface area contributed by atoms with Gasteiger partial charge in [0, 0.05) is 12.5 Å². The van der Waals surface area contributed by atoms with Crippen LogP contribution in [0.2, 0.25) is 0 Å². The Morgan fingerprint density at radius 1 is 1.44 bits per heavy atom. The standard InChI is InChI=1S/C18H26ClN3O3/c1-5-8-22(17(24)25-18(2,3)4)11-16-20-13-7-6-12(15(23)10-19)9-14(13)21-16/h7,9,12H,5-6,8,10-11H2,1-4H3,(H,20,21). The average molecular weight is 368 g/mol. The molecule has 1 heterocycles. The summed E-state index contributed by atoms with van der Waals surface area (Å²) in [5.41, 5.74) is -0.540. The Balaban J connectivity index is 2.18. The number of nitrogens with zero attached hydrogens (tertiary/aromatic N) is 2. The van der Waals surface area contributed by atoms with Crippen LogP contribution in [0.3, 0.4) is 0 Å². The van der Waals surface area contributed by atoms with Gasteiger partial charge in [-0.1, -0.05) is 13.0 Å². The molecule has 0 radical (unpaired) electrons. The molecular weight excluding hydrogens is 342 g/mol. The zero-order chi connectivity index (χ0) is 18.6. The molecule has 25 heavy (non-hydrogen) atoms. The number of fused-ring (bicyclic) bond motifs is 1. The summed E-state index contributed by atoms with van der Waals surface area (Å²) in [5, 5.41) is 1.62. The Labute approximate surface area is 152 Å². The van der Waals surface area contributed by atoms with Gasteiger partial charge in [0.1, 0.15) is 11.4 Å². The van der Waals surface area contributed by atoms with E-state index >= 15 is 0 Å². The molecule has 0 bridgehead atoms. The highest BCUT2D eigenvalue weighted by molar-refractivity contribution is 6.28. The number of aromatic nitrogens is 2. The van der Waals surface area contributed by atoms with Crippen molar-refractivity contribution in [1.82, 2.24) is 14.9 Å². The van der Waals surface area contributed by atoms with E-state index in [9.17, 15) is 9.59 Å². The monoisotopic (exact) mass is 367 g/mol. The van der Waals surface area contributed by atoms with E-state index in [4.69, 9.17) is 16.3 Å². The topological polar surface area (TPSA) is 75.3 Å². The molecule has 0 saturated carbocycles. The molecule has 0 aromatic carbocycles. The van der Waals surface area contributed by atoms with Gasteiger partial charge >= 0.3 is 6.09 Å². The maximum absolute atomic E-state index is 12.4. The van der Waals surface area contributed by atoms with Crippen LogP contribution in [-0.4, -0.2) is 44.8 Å². The van der Waals surface area contributed by atoms with Crippen molar-refractivity contribution in [1.29, 1.82) is 0 Å². The second-order valence-electron chi connectivity index (χ2n) is 7.20. The molecule has 1 aromatic heterocycles. The van der Waals surface area contributed by atoms with E-state index in [1.54, 1.807) is 4.90 Å². The number of nitrogens with one attached hydrogen (secondary N) is 1. The SMILES string of the molecule is CCCN(Cc1nc2c([nH]1)=CC(C(=O)CCl)CC=2)C(=O)OC(C)(C)C. The highest BCUT2D eigenvalue weighted by atomic mass is 35.5. The Morgan fingerprint density at radius 2 is 2.16 bits per heavy atom. The minimum atomic E-state index is -0.540. The van der Waals surface area contributed by atoms with Crippen LogP contribution in [0.1, 0.15) is 46.4 Å². The zero-order valence-corrected chi connectivity index (χ0v) is 16.0. The Hall–Kier alpha value is -1.82. The van der Waals surface area contributed by atoms with Crippen LogP contribution >= 0.6 is 11.6 Å². The number of alkyl halides is 1. The molecule has 1 amide bonds. The first-order chi connectivity index (χ1) is 11.7. The van der Waals surface area contributed by atoms with Crippen molar-refractivity contribution in [3.8, 4) is 0 Å². The van der Waals surface area contributed by atoms with Gasteiger partial charge in [0.05, 0.1) is 23.1 Å². The van der Waals surface area contributed by atoms with Gasteiger partial charge in [-0.2, -0.15) is 0 Å². The molecule has 6 nitrogen and oxygen atoms in total. The number of carbonyl (C=O) groups excluding carboxylic acids is 2. The summed E-state index contributed by atoms with van der Waals surface area (Å²) in [4.78, 5) is 33.5. The van der Waals surface area contributed by atoms with Crippen molar-refractivity contribution in [3.05, 3.63) is 16.5 Å². The van der Waals surface area contributed by atoms with Gasteiger partial charge in [0.2, 0.25) is 0 Å². The number of rotatable bonds is 6. The van der Waals surface area contributed by atoms with Crippen LogP contribution in [0.15, 0.2) is 0 Å². The number of aromatic amines is 1. The molecule has 1 unspecified atom stereocenters. The van der Waals surface area contributed by atoms with Crippen LogP contribution in [0.4, 0.5) is 4.79 Å². The number of imidazole rings is 1. The molecule has 7 heteroatoms. The maximum Gasteiger partial charge on any atom is 0.410 e. The van der Waals surface area contributed by atoms with Gasteiger partial charge in [-0.25, -0.2) is 9.78 Å². The van der Waals surface area contributed by atoms with Crippen molar-refractivity contribution in [3.63, 3.8) is 0 Å². The largest absolute Gasteiger partial charge is 0.444 e. The fraction of sp³-hybridized carbons (Fsp3) is 0.611. The average Bonchev–Trinajstić information content (AvgIpc) is 2.93. The molecular formula is C18H26ClN3O3. The Morgan fingerprint density at radius 3 is 2.76 bits per heavy atom. The molecule has 0 aliphatic heterocycles. The molecule has 0 saturated heterocycles. The molecule has 1 aliphatic rings. The van der Waals surface area contributed by atoms with Crippen molar-refractivity contribution in [2.24, 2.45) is 5.92 Å². The quantitative estimate of drug-likeness (QED) is 0.780. The molecule has 1 N–H and O–H groups in total. The minimum Gasteiger partial charge on any atom is -0.444 e. The van der Waals surface area contributed by atoms with Gasteiger partial charge in [-0.15, -0.1) is 11.6 Å². The highest BCUT2D eigenvalue weighted by Gasteiger charge is 2.23.